The maximum absolute atomic E-state index is 11.7. The van der Waals surface area contributed by atoms with E-state index in [1.165, 1.54) is 11.0 Å². The molecule has 0 atom stereocenters. The molecule has 0 heterocycles. The summed E-state index contributed by atoms with van der Waals surface area (Å²) in [7, 11) is 2.03. The molecule has 0 aromatic carbocycles. The molecule has 0 saturated heterocycles. The molecule has 0 aromatic heterocycles. The Kier molecular flexibility index (Phi) is 8.61. The molecule has 0 bridgehead atoms. The van der Waals surface area contributed by atoms with Crippen molar-refractivity contribution in [1.29, 1.82) is 0 Å². The first-order valence-corrected chi connectivity index (χ1v) is 6.44. The van der Waals surface area contributed by atoms with Gasteiger partial charge >= 0.3 is 12.0 Å². The third-order valence-corrected chi connectivity index (χ3v) is 2.81. The Labute approximate surface area is 115 Å². The van der Waals surface area contributed by atoms with Crippen LogP contribution in [-0.4, -0.2) is 66.2 Å². The van der Waals surface area contributed by atoms with Crippen LogP contribution in [0.3, 0.4) is 0 Å². The molecule has 2 amide bonds. The number of carbonyl (C=O) groups is 2. The summed E-state index contributed by atoms with van der Waals surface area (Å²) in [6.45, 7) is 9.05. The van der Waals surface area contributed by atoms with E-state index < -0.39 is 5.97 Å². The highest BCUT2D eigenvalue weighted by Crippen LogP contribution is 1.95. The molecule has 0 fully saturated rings. The van der Waals surface area contributed by atoms with Gasteiger partial charge in [-0.2, -0.15) is 0 Å². The Bertz CT molecular complexity index is 306. The van der Waals surface area contributed by atoms with Crippen LogP contribution in [0.4, 0.5) is 4.79 Å². The summed E-state index contributed by atoms with van der Waals surface area (Å²) < 4.78 is 0. The van der Waals surface area contributed by atoms with E-state index in [-0.39, 0.29) is 19.1 Å². The molecule has 0 saturated carbocycles. The minimum atomic E-state index is -1.03. The first-order valence-electron chi connectivity index (χ1n) is 6.44. The predicted molar refractivity (Wildman–Crippen MR) is 75.2 cm³/mol. The number of urea groups is 1. The third kappa shape index (κ3) is 8.20. The Balaban J connectivity index is 3.99. The lowest BCUT2D eigenvalue weighted by atomic mass is 10.3. The second-order valence-corrected chi connectivity index (χ2v) is 4.72. The Morgan fingerprint density at radius 3 is 2.53 bits per heavy atom. The topological polar surface area (TPSA) is 72.9 Å². The van der Waals surface area contributed by atoms with Gasteiger partial charge in [0.1, 0.15) is 6.54 Å². The van der Waals surface area contributed by atoms with Crippen molar-refractivity contribution in [1.82, 2.24) is 15.1 Å². The number of nitrogens with zero attached hydrogens (tertiary/aromatic N) is 2. The molecule has 6 nitrogen and oxygen atoms in total. The number of hydrogen-bond donors (Lipinski definition) is 2. The highest BCUT2D eigenvalue weighted by molar-refractivity contribution is 5.80. The average molecular weight is 271 g/mol. The van der Waals surface area contributed by atoms with Crippen LogP contribution in [0.15, 0.2) is 12.7 Å². The number of nitrogens with one attached hydrogen (secondary N) is 1. The number of amides is 2. The van der Waals surface area contributed by atoms with Gasteiger partial charge in [-0.05, 0) is 33.9 Å². The first-order chi connectivity index (χ1) is 8.88. The van der Waals surface area contributed by atoms with Crippen LogP contribution < -0.4 is 5.32 Å². The molecule has 0 radical (unpaired) electrons. The van der Waals surface area contributed by atoms with Crippen molar-refractivity contribution >= 4 is 12.0 Å². The smallest absolute Gasteiger partial charge is 0.323 e. The van der Waals surface area contributed by atoms with Crippen LogP contribution >= 0.6 is 0 Å². The third-order valence-electron chi connectivity index (χ3n) is 2.81. The van der Waals surface area contributed by atoms with E-state index in [1.54, 1.807) is 0 Å². The van der Waals surface area contributed by atoms with Gasteiger partial charge in [-0.15, -0.1) is 6.58 Å². The molecule has 0 rings (SSSR count). The maximum atomic E-state index is 11.7. The molecule has 19 heavy (non-hydrogen) atoms. The number of rotatable bonds is 9. The predicted octanol–water partition coefficient (Wildman–Crippen LogP) is 0.999. The summed E-state index contributed by atoms with van der Waals surface area (Å²) in [5, 5.41) is 11.4. The zero-order chi connectivity index (χ0) is 14.8. The van der Waals surface area contributed by atoms with Crippen molar-refractivity contribution in [2.24, 2.45) is 0 Å². The van der Waals surface area contributed by atoms with Crippen molar-refractivity contribution in [2.45, 2.75) is 26.3 Å². The highest BCUT2D eigenvalue weighted by Gasteiger charge is 2.14. The number of carboxylic acids is 1. The molecule has 6 heteroatoms. The maximum Gasteiger partial charge on any atom is 0.323 e. The second kappa shape index (κ2) is 9.38. The summed E-state index contributed by atoms with van der Waals surface area (Å²) in [6, 6.07) is 0.106. The summed E-state index contributed by atoms with van der Waals surface area (Å²) in [4.78, 5) is 25.8. The number of hydrogen-bond acceptors (Lipinski definition) is 3. The zero-order valence-electron chi connectivity index (χ0n) is 12.1. The van der Waals surface area contributed by atoms with Gasteiger partial charge < -0.3 is 20.2 Å². The summed E-state index contributed by atoms with van der Waals surface area (Å²) in [5.74, 6) is -1.03. The van der Waals surface area contributed by atoms with E-state index in [2.05, 4.69) is 30.6 Å². The normalized spacial score (nSPS) is 10.6. The lowest BCUT2D eigenvalue weighted by Gasteiger charge is -2.22. The van der Waals surface area contributed by atoms with Crippen LogP contribution in [-0.2, 0) is 4.79 Å². The van der Waals surface area contributed by atoms with Crippen LogP contribution in [0.5, 0.6) is 0 Å². The summed E-state index contributed by atoms with van der Waals surface area (Å²) >= 11 is 0. The molecule has 0 aliphatic carbocycles. The minimum absolute atomic E-state index is 0.226. The van der Waals surface area contributed by atoms with Crippen molar-refractivity contribution in [3.05, 3.63) is 12.7 Å². The zero-order valence-corrected chi connectivity index (χ0v) is 12.1. The monoisotopic (exact) mass is 271 g/mol. The van der Waals surface area contributed by atoms with Crippen LogP contribution in [0.1, 0.15) is 20.3 Å². The molecular weight excluding hydrogens is 246 g/mol. The molecule has 0 spiro atoms. The first kappa shape index (κ1) is 17.4. The SMILES string of the molecule is C=CCN(CC(=O)O)C(=O)NCCCN(C)C(C)C. The van der Waals surface area contributed by atoms with E-state index in [0.29, 0.717) is 12.6 Å². The van der Waals surface area contributed by atoms with Crippen LogP contribution in [0.25, 0.3) is 0 Å². The van der Waals surface area contributed by atoms with Gasteiger partial charge in [0.25, 0.3) is 0 Å². The molecule has 110 valence electrons. The quantitative estimate of drug-likeness (QED) is 0.485. The fourth-order valence-corrected chi connectivity index (χ4v) is 1.43. The van der Waals surface area contributed by atoms with Gasteiger partial charge in [0.05, 0.1) is 0 Å². The summed E-state index contributed by atoms with van der Waals surface area (Å²) in [6.07, 6.45) is 2.34. The fourth-order valence-electron chi connectivity index (χ4n) is 1.43. The van der Waals surface area contributed by atoms with Gasteiger partial charge in [0, 0.05) is 19.1 Å². The van der Waals surface area contributed by atoms with E-state index >= 15 is 0 Å². The molecule has 0 aliphatic heterocycles. The largest absolute Gasteiger partial charge is 0.480 e. The number of aliphatic carboxylic acids is 1. The highest BCUT2D eigenvalue weighted by atomic mass is 16.4. The average Bonchev–Trinajstić information content (AvgIpc) is 2.32. The van der Waals surface area contributed by atoms with Gasteiger partial charge in [-0.25, -0.2) is 4.79 Å². The lowest BCUT2D eigenvalue weighted by molar-refractivity contribution is -0.137. The number of carboxylic acid groups (broad SMARTS) is 1. The van der Waals surface area contributed by atoms with E-state index in [4.69, 9.17) is 5.11 Å². The van der Waals surface area contributed by atoms with E-state index in [1.807, 2.05) is 7.05 Å². The van der Waals surface area contributed by atoms with Gasteiger partial charge in [-0.1, -0.05) is 6.08 Å². The Morgan fingerprint density at radius 2 is 2.05 bits per heavy atom. The Hall–Kier alpha value is -1.56. The Morgan fingerprint density at radius 1 is 1.42 bits per heavy atom. The van der Waals surface area contributed by atoms with Gasteiger partial charge in [0.15, 0.2) is 0 Å². The van der Waals surface area contributed by atoms with E-state index in [0.717, 1.165) is 13.0 Å². The standard InChI is InChI=1S/C13H25N3O3/c1-5-8-16(10-12(17)18)13(19)14-7-6-9-15(4)11(2)3/h5,11H,1,6-10H2,2-4H3,(H,14,19)(H,17,18). The van der Waals surface area contributed by atoms with Gasteiger partial charge in [-0.3, -0.25) is 4.79 Å². The lowest BCUT2D eigenvalue weighted by Crippen LogP contribution is -2.43. The molecule has 0 unspecified atom stereocenters. The second-order valence-electron chi connectivity index (χ2n) is 4.72. The van der Waals surface area contributed by atoms with Crippen molar-refractivity contribution in [3.63, 3.8) is 0 Å². The summed E-state index contributed by atoms with van der Waals surface area (Å²) in [5.41, 5.74) is 0. The van der Waals surface area contributed by atoms with Crippen LogP contribution in [0.2, 0.25) is 0 Å². The molecule has 0 aliphatic rings. The fraction of sp³-hybridized carbons (Fsp3) is 0.692. The molecular formula is C13H25N3O3. The van der Waals surface area contributed by atoms with Crippen LogP contribution in [0, 0.1) is 0 Å². The van der Waals surface area contributed by atoms with E-state index in [9.17, 15) is 9.59 Å². The van der Waals surface area contributed by atoms with Gasteiger partial charge in [0.2, 0.25) is 0 Å². The van der Waals surface area contributed by atoms with Crippen molar-refractivity contribution in [3.8, 4) is 0 Å². The molecule has 0 aromatic rings. The van der Waals surface area contributed by atoms with Crippen molar-refractivity contribution < 1.29 is 14.7 Å². The minimum Gasteiger partial charge on any atom is -0.480 e. The van der Waals surface area contributed by atoms with Crippen molar-refractivity contribution in [2.75, 3.05) is 33.2 Å². The molecule has 2 N–H and O–H groups in total. The number of carbonyl (C=O) groups excluding carboxylic acids is 1.